The monoisotopic (exact) mass is 566 g/mol. The second-order valence-electron chi connectivity index (χ2n) is 12.2. The number of aryl methyl sites for hydroxylation is 9. The van der Waals surface area contributed by atoms with E-state index in [0.717, 1.165) is 17.1 Å². The molecule has 0 spiro atoms. The average Bonchev–Trinajstić information content (AvgIpc) is 3.66. The normalized spacial score (nSPS) is 11.4. The zero-order chi connectivity index (χ0) is 30.6. The number of rotatable bonds is 6. The van der Waals surface area contributed by atoms with Gasteiger partial charge in [0.2, 0.25) is 0 Å². The maximum Gasteiger partial charge on any atom is 0.569 e. The van der Waals surface area contributed by atoms with Gasteiger partial charge in [-0.2, -0.15) is 15.3 Å². The third-order valence-corrected chi connectivity index (χ3v) is 8.38. The zero-order valence-electron chi connectivity index (χ0n) is 26.7. The molecular formula is C36H39BN6. The van der Waals surface area contributed by atoms with Gasteiger partial charge >= 0.3 is 7.12 Å². The molecule has 0 atom stereocenters. The van der Waals surface area contributed by atoms with Crippen LogP contribution >= 0.6 is 0 Å². The standard InChI is InChI=1S/C36H39BN6/c1-22-16-25(4)34(26(5)17-22)31-11-14-41(39-31)37(42-15-12-32(40-42)35-27(6)18-23(2)19-28(35)7)43-33(10-13-38-43)36-29(8)20-24(3)21-30(36)9/h10-21H,1-9H3. The number of hydrogen-bond donors (Lipinski definition) is 0. The molecule has 0 radical (unpaired) electrons. The van der Waals surface area contributed by atoms with E-state index in [-0.39, 0.29) is 0 Å². The molecule has 216 valence electrons. The molecule has 3 aromatic heterocycles. The maximum absolute atomic E-state index is 5.18. The fraction of sp³-hybridized carbons (Fsp3) is 0.250. The quantitative estimate of drug-likeness (QED) is 0.192. The van der Waals surface area contributed by atoms with Crippen LogP contribution in [-0.4, -0.2) is 36.2 Å². The molecule has 43 heavy (non-hydrogen) atoms. The largest absolute Gasteiger partial charge is 0.569 e. The first kappa shape index (κ1) is 28.5. The zero-order valence-corrected chi connectivity index (χ0v) is 26.7. The summed E-state index contributed by atoms with van der Waals surface area (Å²) in [6.07, 6.45) is 5.96. The Balaban J connectivity index is 1.54. The number of nitrogens with zero attached hydrogens (tertiary/aromatic N) is 6. The van der Waals surface area contributed by atoms with Crippen LogP contribution in [0.5, 0.6) is 0 Å². The van der Waals surface area contributed by atoms with Crippen molar-refractivity contribution in [3.05, 3.63) is 123 Å². The first-order chi connectivity index (χ1) is 20.5. The number of aromatic nitrogens is 6. The third-order valence-electron chi connectivity index (χ3n) is 8.38. The van der Waals surface area contributed by atoms with Crippen molar-refractivity contribution in [3.8, 4) is 33.8 Å². The molecule has 0 bridgehead atoms. The Morgan fingerprint density at radius 1 is 0.488 bits per heavy atom. The molecule has 0 saturated heterocycles. The van der Waals surface area contributed by atoms with E-state index in [0.29, 0.717) is 0 Å². The summed E-state index contributed by atoms with van der Waals surface area (Å²) in [5.41, 5.74) is 17.5. The average molecular weight is 567 g/mol. The second kappa shape index (κ2) is 10.9. The smallest absolute Gasteiger partial charge is 0.268 e. The summed E-state index contributed by atoms with van der Waals surface area (Å²) >= 11 is 0. The van der Waals surface area contributed by atoms with Crippen molar-refractivity contribution in [1.29, 1.82) is 0 Å². The fourth-order valence-electron chi connectivity index (χ4n) is 6.99. The van der Waals surface area contributed by atoms with Gasteiger partial charge in [-0.1, -0.05) is 53.1 Å². The molecule has 6 aromatic rings. The van der Waals surface area contributed by atoms with Gasteiger partial charge in [0.25, 0.3) is 0 Å². The van der Waals surface area contributed by atoms with E-state index in [4.69, 9.17) is 15.3 Å². The Labute approximate surface area is 255 Å². The highest BCUT2D eigenvalue weighted by molar-refractivity contribution is 6.53. The molecule has 6 rings (SSSR count). The molecule has 0 aliphatic heterocycles. The summed E-state index contributed by atoms with van der Waals surface area (Å²) in [5.74, 6) is 0. The van der Waals surface area contributed by atoms with Gasteiger partial charge in [-0.25, -0.2) is 0 Å². The summed E-state index contributed by atoms with van der Waals surface area (Å²) in [6.45, 7) is 19.4. The Bertz CT molecular complexity index is 1820. The maximum atomic E-state index is 5.18. The third kappa shape index (κ3) is 5.14. The van der Waals surface area contributed by atoms with E-state index in [1.54, 1.807) is 0 Å². The van der Waals surface area contributed by atoms with E-state index in [2.05, 4.69) is 117 Å². The van der Waals surface area contributed by atoms with Gasteiger partial charge in [-0.05, 0) is 114 Å². The lowest BCUT2D eigenvalue weighted by Gasteiger charge is -2.19. The minimum atomic E-state index is -0.454. The van der Waals surface area contributed by atoms with Crippen LogP contribution in [-0.2, 0) is 0 Å². The summed E-state index contributed by atoms with van der Waals surface area (Å²) in [7, 11) is -0.454. The molecule has 0 aliphatic rings. The molecule has 0 fully saturated rings. The van der Waals surface area contributed by atoms with Crippen LogP contribution < -0.4 is 0 Å². The van der Waals surface area contributed by atoms with Gasteiger partial charge < -0.3 is 0 Å². The highest BCUT2D eigenvalue weighted by Gasteiger charge is 2.32. The lowest BCUT2D eigenvalue weighted by atomic mass is 9.91. The number of hydrogen-bond acceptors (Lipinski definition) is 3. The molecule has 3 aromatic carbocycles. The first-order valence-corrected chi connectivity index (χ1v) is 14.9. The fourth-order valence-corrected chi connectivity index (χ4v) is 6.99. The summed E-state index contributed by atoms with van der Waals surface area (Å²) in [5, 5.41) is 15.3. The van der Waals surface area contributed by atoms with Crippen LogP contribution in [0.2, 0.25) is 0 Å². The van der Waals surface area contributed by atoms with Crippen molar-refractivity contribution in [2.75, 3.05) is 0 Å². The van der Waals surface area contributed by atoms with Crippen molar-refractivity contribution < 1.29 is 0 Å². The Morgan fingerprint density at radius 3 is 1.26 bits per heavy atom. The summed E-state index contributed by atoms with van der Waals surface area (Å²) in [4.78, 5) is 0. The molecule has 0 amide bonds. The van der Waals surface area contributed by atoms with Crippen LogP contribution in [0.15, 0.2) is 73.2 Å². The molecular weight excluding hydrogens is 527 g/mol. The Kier molecular flexibility index (Phi) is 7.21. The van der Waals surface area contributed by atoms with Crippen molar-refractivity contribution in [3.63, 3.8) is 0 Å². The van der Waals surface area contributed by atoms with Crippen molar-refractivity contribution >= 4 is 7.12 Å². The summed E-state index contributed by atoms with van der Waals surface area (Å²) in [6, 6.07) is 19.6. The van der Waals surface area contributed by atoms with E-state index in [9.17, 15) is 0 Å². The Morgan fingerprint density at radius 2 is 0.860 bits per heavy atom. The highest BCUT2D eigenvalue weighted by Crippen LogP contribution is 2.31. The van der Waals surface area contributed by atoms with Gasteiger partial charge in [-0.15, -0.1) is 0 Å². The van der Waals surface area contributed by atoms with Gasteiger partial charge in [0.1, 0.15) is 0 Å². The SMILES string of the molecule is Cc1cc(C)c(-c2ccn(B(n3ccc(-c4c(C)cc(C)cc4C)n3)n3nccc3-c3c(C)cc(C)cc3C)n2)c(C)c1. The predicted octanol–water partition coefficient (Wildman–Crippen LogP) is 7.98. The summed E-state index contributed by atoms with van der Waals surface area (Å²) < 4.78 is 6.01. The molecule has 0 aliphatic carbocycles. The van der Waals surface area contributed by atoms with Gasteiger partial charge in [0, 0.05) is 35.3 Å². The second-order valence-corrected chi connectivity index (χ2v) is 12.2. The van der Waals surface area contributed by atoms with E-state index >= 15 is 0 Å². The minimum Gasteiger partial charge on any atom is -0.268 e. The van der Waals surface area contributed by atoms with Crippen LogP contribution in [0, 0.1) is 62.3 Å². The highest BCUT2D eigenvalue weighted by atomic mass is 15.4. The van der Waals surface area contributed by atoms with E-state index in [1.807, 2.05) is 32.4 Å². The van der Waals surface area contributed by atoms with Crippen molar-refractivity contribution in [2.45, 2.75) is 62.3 Å². The molecule has 0 N–H and O–H groups in total. The topological polar surface area (TPSA) is 53.5 Å². The van der Waals surface area contributed by atoms with Crippen LogP contribution in [0.4, 0.5) is 0 Å². The number of benzene rings is 3. The minimum absolute atomic E-state index is 0.454. The molecule has 0 unspecified atom stereocenters. The van der Waals surface area contributed by atoms with Crippen LogP contribution in [0.25, 0.3) is 33.8 Å². The van der Waals surface area contributed by atoms with Crippen molar-refractivity contribution in [1.82, 2.24) is 29.1 Å². The lowest BCUT2D eigenvalue weighted by molar-refractivity contribution is 0.776. The first-order valence-electron chi connectivity index (χ1n) is 14.9. The van der Waals surface area contributed by atoms with Gasteiger partial charge in [-0.3, -0.25) is 13.8 Å². The van der Waals surface area contributed by atoms with Gasteiger partial charge in [0.05, 0.1) is 17.1 Å². The predicted molar refractivity (Wildman–Crippen MR) is 178 cm³/mol. The molecule has 0 saturated carbocycles. The molecule has 7 heteroatoms. The Hall–Kier alpha value is -4.65. The van der Waals surface area contributed by atoms with E-state index in [1.165, 1.54) is 66.8 Å². The van der Waals surface area contributed by atoms with Crippen LogP contribution in [0.1, 0.15) is 50.1 Å². The van der Waals surface area contributed by atoms with Gasteiger partial charge in [0.15, 0.2) is 0 Å². The molecule has 3 heterocycles. The lowest BCUT2D eigenvalue weighted by Crippen LogP contribution is -2.43. The van der Waals surface area contributed by atoms with E-state index < -0.39 is 7.12 Å². The molecule has 6 nitrogen and oxygen atoms in total. The van der Waals surface area contributed by atoms with Crippen LogP contribution in [0.3, 0.4) is 0 Å². The van der Waals surface area contributed by atoms with Crippen molar-refractivity contribution in [2.24, 2.45) is 0 Å².